The van der Waals surface area contributed by atoms with Crippen LogP contribution in [0.2, 0.25) is 0 Å². The van der Waals surface area contributed by atoms with Gasteiger partial charge in [0.05, 0.1) is 12.7 Å². The molecule has 1 aromatic rings. The van der Waals surface area contributed by atoms with E-state index in [0.29, 0.717) is 5.56 Å². The molecule has 1 aromatic carbocycles. The molecule has 0 aliphatic rings. The Morgan fingerprint density at radius 2 is 2.18 bits per heavy atom. The van der Waals surface area contributed by atoms with Crippen molar-refractivity contribution < 1.29 is 18.7 Å². The van der Waals surface area contributed by atoms with Crippen molar-refractivity contribution >= 4 is 18.0 Å². The molecule has 4 nitrogen and oxygen atoms in total. The van der Waals surface area contributed by atoms with Crippen LogP contribution in [0.4, 0.5) is 4.39 Å². The molecular weight excluding hydrogens is 225 g/mol. The fraction of sp³-hybridized carbons (Fsp3) is 0.167. The number of rotatable bonds is 4. The second-order valence-electron chi connectivity index (χ2n) is 3.30. The first-order valence-electron chi connectivity index (χ1n) is 4.87. The van der Waals surface area contributed by atoms with Gasteiger partial charge in [0.25, 0.3) is 0 Å². The highest BCUT2D eigenvalue weighted by atomic mass is 19.1. The van der Waals surface area contributed by atoms with Crippen LogP contribution in [0.3, 0.4) is 0 Å². The zero-order valence-corrected chi connectivity index (χ0v) is 9.27. The van der Waals surface area contributed by atoms with Crippen molar-refractivity contribution in [3.63, 3.8) is 0 Å². The van der Waals surface area contributed by atoms with Gasteiger partial charge in [0.15, 0.2) is 0 Å². The first-order chi connectivity index (χ1) is 8.04. The predicted molar refractivity (Wildman–Crippen MR) is 60.6 cm³/mol. The lowest BCUT2D eigenvalue weighted by atomic mass is 10.1. The van der Waals surface area contributed by atoms with Crippen LogP contribution >= 0.6 is 0 Å². The maximum atomic E-state index is 13.4. The summed E-state index contributed by atoms with van der Waals surface area (Å²) in [5.74, 6) is -1.86. The predicted octanol–water partition coefficient (Wildman–Crippen LogP) is 1.50. The lowest BCUT2D eigenvalue weighted by molar-refractivity contribution is -0.117. The van der Waals surface area contributed by atoms with Crippen LogP contribution in [-0.4, -0.2) is 19.0 Å². The van der Waals surface area contributed by atoms with Crippen molar-refractivity contribution in [3.8, 4) is 0 Å². The van der Waals surface area contributed by atoms with Crippen molar-refractivity contribution in [2.45, 2.75) is 6.42 Å². The van der Waals surface area contributed by atoms with Crippen molar-refractivity contribution in [2.75, 3.05) is 7.11 Å². The molecule has 2 N–H and O–H groups in total. The maximum Gasteiger partial charge on any atom is 0.340 e. The van der Waals surface area contributed by atoms with E-state index in [9.17, 15) is 14.0 Å². The first-order valence-corrected chi connectivity index (χ1v) is 4.87. The smallest absolute Gasteiger partial charge is 0.340 e. The van der Waals surface area contributed by atoms with Crippen LogP contribution in [0.15, 0.2) is 24.3 Å². The van der Waals surface area contributed by atoms with Gasteiger partial charge in [-0.3, -0.25) is 4.79 Å². The lowest BCUT2D eigenvalue weighted by Crippen LogP contribution is -2.07. The van der Waals surface area contributed by atoms with Crippen LogP contribution in [0, 0.1) is 5.82 Å². The fourth-order valence-electron chi connectivity index (χ4n) is 1.22. The summed E-state index contributed by atoms with van der Waals surface area (Å²) in [5.41, 5.74) is 5.36. The minimum Gasteiger partial charge on any atom is -0.465 e. The number of benzene rings is 1. The summed E-state index contributed by atoms with van der Waals surface area (Å²) in [5, 5.41) is 0. The number of hydrogen-bond acceptors (Lipinski definition) is 3. The van der Waals surface area contributed by atoms with Gasteiger partial charge in [0.2, 0.25) is 5.91 Å². The number of primary amides is 1. The lowest BCUT2D eigenvalue weighted by Gasteiger charge is -2.01. The van der Waals surface area contributed by atoms with E-state index in [2.05, 4.69) is 4.74 Å². The number of ether oxygens (including phenoxy) is 1. The second kappa shape index (κ2) is 5.79. The first kappa shape index (κ1) is 12.9. The number of amides is 1. The number of carbonyl (C=O) groups is 2. The summed E-state index contributed by atoms with van der Waals surface area (Å²) >= 11 is 0. The Kier molecular flexibility index (Phi) is 4.39. The average Bonchev–Trinajstić information content (AvgIpc) is 2.28. The molecule has 0 spiro atoms. The van der Waals surface area contributed by atoms with Crippen molar-refractivity contribution in [3.05, 3.63) is 41.2 Å². The molecule has 0 radical (unpaired) electrons. The van der Waals surface area contributed by atoms with Crippen LogP contribution in [-0.2, 0) is 9.53 Å². The molecule has 1 amide bonds. The van der Waals surface area contributed by atoms with E-state index in [0.717, 1.165) is 0 Å². The van der Waals surface area contributed by atoms with Gasteiger partial charge in [-0.05, 0) is 17.7 Å². The van der Waals surface area contributed by atoms with E-state index in [1.807, 2.05) is 0 Å². The van der Waals surface area contributed by atoms with Crippen molar-refractivity contribution in [1.29, 1.82) is 0 Å². The Morgan fingerprint density at radius 1 is 1.47 bits per heavy atom. The summed E-state index contributed by atoms with van der Waals surface area (Å²) in [6.07, 6.45) is 3.16. The number of methoxy groups -OCH3 is 1. The molecule has 0 aliphatic heterocycles. The van der Waals surface area contributed by atoms with Crippen LogP contribution in [0.25, 0.3) is 6.08 Å². The summed E-state index contributed by atoms with van der Waals surface area (Å²) < 4.78 is 17.9. The van der Waals surface area contributed by atoms with Gasteiger partial charge in [-0.2, -0.15) is 0 Å². The monoisotopic (exact) mass is 237 g/mol. The number of hydrogen-bond donors (Lipinski definition) is 1. The Labute approximate surface area is 97.9 Å². The Hall–Kier alpha value is -2.17. The van der Waals surface area contributed by atoms with Gasteiger partial charge in [-0.1, -0.05) is 18.2 Å². The summed E-state index contributed by atoms with van der Waals surface area (Å²) in [6, 6.07) is 4.06. The molecule has 0 saturated heterocycles. The third-order valence-electron chi connectivity index (χ3n) is 2.03. The van der Waals surface area contributed by atoms with E-state index in [1.165, 1.54) is 25.3 Å². The molecule has 1 rings (SSSR count). The summed E-state index contributed by atoms with van der Waals surface area (Å²) in [7, 11) is 1.18. The zero-order chi connectivity index (χ0) is 12.8. The van der Waals surface area contributed by atoms with E-state index in [-0.39, 0.29) is 12.0 Å². The van der Waals surface area contributed by atoms with Gasteiger partial charge < -0.3 is 10.5 Å². The van der Waals surface area contributed by atoms with Gasteiger partial charge >= 0.3 is 5.97 Å². The zero-order valence-electron chi connectivity index (χ0n) is 9.27. The van der Waals surface area contributed by atoms with Gasteiger partial charge in [-0.15, -0.1) is 0 Å². The van der Waals surface area contributed by atoms with Gasteiger partial charge in [-0.25, -0.2) is 9.18 Å². The molecular formula is C12H12FNO3. The minimum absolute atomic E-state index is 0.0837. The van der Waals surface area contributed by atoms with Crippen molar-refractivity contribution in [2.24, 2.45) is 5.73 Å². The molecule has 0 unspecified atom stereocenters. The van der Waals surface area contributed by atoms with Crippen LogP contribution in [0.5, 0.6) is 0 Å². The molecule has 0 saturated carbocycles. The number of carbonyl (C=O) groups excluding carboxylic acids is 2. The molecule has 0 heterocycles. The standard InChI is InChI=1S/C12H12FNO3/c1-17-12(16)9-6-5-8(7-10(9)13)3-2-4-11(14)15/h2-3,5-7H,4H2,1H3,(H2,14,15). The van der Waals surface area contributed by atoms with Crippen molar-refractivity contribution in [1.82, 2.24) is 0 Å². The molecule has 0 aliphatic carbocycles. The minimum atomic E-state index is -0.727. The summed E-state index contributed by atoms with van der Waals surface area (Å²) in [4.78, 5) is 21.6. The molecule has 0 bridgehead atoms. The Morgan fingerprint density at radius 3 is 2.71 bits per heavy atom. The maximum absolute atomic E-state index is 13.4. The average molecular weight is 237 g/mol. The van der Waals surface area contributed by atoms with Gasteiger partial charge in [0, 0.05) is 6.42 Å². The quantitative estimate of drug-likeness (QED) is 0.807. The van der Waals surface area contributed by atoms with Gasteiger partial charge in [0.1, 0.15) is 5.82 Å². The van der Waals surface area contributed by atoms with Crippen LogP contribution in [0.1, 0.15) is 22.3 Å². The van der Waals surface area contributed by atoms with E-state index in [1.54, 1.807) is 12.1 Å². The highest BCUT2D eigenvalue weighted by molar-refractivity contribution is 5.89. The fourth-order valence-corrected chi connectivity index (χ4v) is 1.22. The highest BCUT2D eigenvalue weighted by Crippen LogP contribution is 2.13. The molecule has 17 heavy (non-hydrogen) atoms. The normalized spacial score (nSPS) is 10.5. The largest absolute Gasteiger partial charge is 0.465 e. The summed E-state index contributed by atoms with van der Waals surface area (Å²) in [6.45, 7) is 0. The number of nitrogens with two attached hydrogens (primary N) is 1. The van der Waals surface area contributed by atoms with Crippen LogP contribution < -0.4 is 5.73 Å². The molecule has 5 heteroatoms. The molecule has 0 fully saturated rings. The number of esters is 1. The third-order valence-corrected chi connectivity index (χ3v) is 2.03. The number of halogens is 1. The molecule has 0 atom stereocenters. The highest BCUT2D eigenvalue weighted by Gasteiger charge is 2.11. The Bertz CT molecular complexity index is 469. The topological polar surface area (TPSA) is 69.4 Å². The SMILES string of the molecule is COC(=O)c1ccc(C=CCC(N)=O)cc1F. The van der Waals surface area contributed by atoms with E-state index >= 15 is 0 Å². The van der Waals surface area contributed by atoms with E-state index < -0.39 is 17.7 Å². The second-order valence-corrected chi connectivity index (χ2v) is 3.30. The molecule has 90 valence electrons. The third kappa shape index (κ3) is 3.71. The molecule has 0 aromatic heterocycles. The van der Waals surface area contributed by atoms with E-state index in [4.69, 9.17) is 5.73 Å². The Balaban J connectivity index is 2.85.